The molecule has 1 heterocycles. The van der Waals surface area contributed by atoms with E-state index in [1.54, 1.807) is 0 Å². The summed E-state index contributed by atoms with van der Waals surface area (Å²) in [5.41, 5.74) is -0.607. The lowest BCUT2D eigenvalue weighted by Crippen LogP contribution is -2.53. The molecule has 1 aliphatic rings. The maximum Gasteiger partial charge on any atom is 0.323 e. The third-order valence-corrected chi connectivity index (χ3v) is 5.08. The molecule has 0 bridgehead atoms. The Hall–Kier alpha value is -1.63. The zero-order valence-corrected chi connectivity index (χ0v) is 17.8. The van der Waals surface area contributed by atoms with Crippen molar-refractivity contribution in [2.45, 2.75) is 91.0 Å². The third-order valence-electron chi connectivity index (χ3n) is 5.08. The van der Waals surface area contributed by atoms with Gasteiger partial charge in [-0.25, -0.2) is 0 Å². The molecule has 156 valence electrons. The van der Waals surface area contributed by atoms with E-state index in [4.69, 9.17) is 9.47 Å². The van der Waals surface area contributed by atoms with Crippen LogP contribution in [0.5, 0.6) is 0 Å². The van der Waals surface area contributed by atoms with Crippen molar-refractivity contribution in [1.29, 1.82) is 0 Å². The number of ether oxygens (including phenoxy) is 2. The average molecular weight is 385 g/mol. The highest BCUT2D eigenvalue weighted by atomic mass is 16.6. The predicted molar refractivity (Wildman–Crippen MR) is 103 cm³/mol. The molecule has 0 aromatic carbocycles. The molecule has 7 nitrogen and oxygen atoms in total. The summed E-state index contributed by atoms with van der Waals surface area (Å²) >= 11 is 0. The van der Waals surface area contributed by atoms with Crippen LogP contribution in [0.25, 0.3) is 0 Å². The number of esters is 2. The van der Waals surface area contributed by atoms with Crippen LogP contribution in [0.15, 0.2) is 0 Å². The van der Waals surface area contributed by atoms with E-state index in [1.807, 2.05) is 20.8 Å². The Morgan fingerprint density at radius 2 is 1.74 bits per heavy atom. The quantitative estimate of drug-likeness (QED) is 0.623. The van der Waals surface area contributed by atoms with Crippen LogP contribution in [0.1, 0.15) is 67.2 Å². The number of hydrogen-bond donors (Lipinski definition) is 2. The van der Waals surface area contributed by atoms with Gasteiger partial charge in [0.05, 0.1) is 13.0 Å². The summed E-state index contributed by atoms with van der Waals surface area (Å²) in [4.78, 5) is 36.7. The number of carbonyl (C=O) groups excluding carboxylic acids is 3. The monoisotopic (exact) mass is 384 g/mol. The first-order valence-corrected chi connectivity index (χ1v) is 9.86. The van der Waals surface area contributed by atoms with Crippen molar-refractivity contribution >= 4 is 17.8 Å². The fourth-order valence-electron chi connectivity index (χ4n) is 3.68. The van der Waals surface area contributed by atoms with Gasteiger partial charge in [-0.15, -0.1) is 0 Å². The molecule has 1 rings (SSSR count). The zero-order chi connectivity index (χ0) is 20.8. The second-order valence-electron chi connectivity index (χ2n) is 8.37. The number of rotatable bonds is 8. The van der Waals surface area contributed by atoms with Crippen molar-refractivity contribution in [3.8, 4) is 0 Å². The normalized spacial score (nSPS) is 23.8. The van der Waals surface area contributed by atoms with Gasteiger partial charge in [0.25, 0.3) is 0 Å². The molecule has 0 aliphatic carbocycles. The lowest BCUT2D eigenvalue weighted by molar-refractivity contribution is -0.157. The van der Waals surface area contributed by atoms with Gasteiger partial charge in [-0.3, -0.25) is 19.7 Å². The summed E-state index contributed by atoms with van der Waals surface area (Å²) in [6.45, 7) is 11.1. The molecule has 4 atom stereocenters. The Kier molecular flexibility index (Phi) is 8.72. The minimum atomic E-state index is -0.607. The topological polar surface area (TPSA) is 93.7 Å². The first kappa shape index (κ1) is 23.4. The molecule has 27 heavy (non-hydrogen) atoms. The molecular formula is C20H36N2O5. The minimum Gasteiger partial charge on any atom is -0.469 e. The zero-order valence-electron chi connectivity index (χ0n) is 17.8. The van der Waals surface area contributed by atoms with Crippen LogP contribution < -0.4 is 10.6 Å². The molecule has 0 radical (unpaired) electrons. The molecule has 1 aliphatic heterocycles. The lowest BCUT2D eigenvalue weighted by atomic mass is 9.86. The Labute approximate surface area is 162 Å². The number of hydrogen-bond acceptors (Lipinski definition) is 6. The van der Waals surface area contributed by atoms with Crippen molar-refractivity contribution in [3.05, 3.63) is 0 Å². The van der Waals surface area contributed by atoms with E-state index in [1.165, 1.54) is 14.0 Å². The van der Waals surface area contributed by atoms with Crippen LogP contribution in [-0.2, 0) is 23.9 Å². The fourth-order valence-corrected chi connectivity index (χ4v) is 3.68. The maximum atomic E-state index is 12.5. The molecule has 2 N–H and O–H groups in total. The smallest absolute Gasteiger partial charge is 0.323 e. The van der Waals surface area contributed by atoms with Gasteiger partial charge in [0.2, 0.25) is 5.91 Å². The number of carbonyl (C=O) groups is 3. The van der Waals surface area contributed by atoms with Gasteiger partial charge in [0, 0.05) is 19.0 Å². The van der Waals surface area contributed by atoms with Crippen LogP contribution in [0.2, 0.25) is 0 Å². The molecule has 0 aromatic rings. The average Bonchev–Trinajstić information content (AvgIpc) is 3.01. The van der Waals surface area contributed by atoms with Gasteiger partial charge < -0.3 is 14.8 Å². The highest BCUT2D eigenvalue weighted by Crippen LogP contribution is 2.29. The van der Waals surface area contributed by atoms with Crippen molar-refractivity contribution in [2.75, 3.05) is 7.11 Å². The Balaban J connectivity index is 3.06. The van der Waals surface area contributed by atoms with Gasteiger partial charge in [0.15, 0.2) is 0 Å². The summed E-state index contributed by atoms with van der Waals surface area (Å²) < 4.78 is 10.4. The summed E-state index contributed by atoms with van der Waals surface area (Å²) in [6.07, 6.45) is 3.00. The molecule has 1 fully saturated rings. The lowest BCUT2D eigenvalue weighted by Gasteiger charge is -2.31. The van der Waals surface area contributed by atoms with Gasteiger partial charge in [-0.05, 0) is 39.5 Å². The van der Waals surface area contributed by atoms with Crippen molar-refractivity contribution in [1.82, 2.24) is 10.6 Å². The fraction of sp³-hybridized carbons (Fsp3) is 0.850. The molecule has 1 amide bonds. The SMILES string of the molecule is CCC(CC)C[C@H](NC(C)=O)[C@@H]1NC(C(=O)OC(C)(C)C)C[C@H]1C(=O)OC. The molecule has 0 spiro atoms. The van der Waals surface area contributed by atoms with E-state index in [2.05, 4.69) is 24.5 Å². The second-order valence-corrected chi connectivity index (χ2v) is 8.37. The summed E-state index contributed by atoms with van der Waals surface area (Å²) in [6, 6.07) is -1.24. The first-order chi connectivity index (χ1) is 12.5. The third kappa shape index (κ3) is 7.13. The van der Waals surface area contributed by atoms with Crippen molar-refractivity contribution < 1.29 is 23.9 Å². The van der Waals surface area contributed by atoms with Gasteiger partial charge in [-0.2, -0.15) is 0 Å². The van der Waals surface area contributed by atoms with E-state index < -0.39 is 17.6 Å². The Morgan fingerprint density at radius 1 is 1.15 bits per heavy atom. The van der Waals surface area contributed by atoms with Crippen LogP contribution in [0.4, 0.5) is 0 Å². The molecule has 1 unspecified atom stereocenters. The Morgan fingerprint density at radius 3 is 2.19 bits per heavy atom. The highest BCUT2D eigenvalue weighted by Gasteiger charge is 2.46. The number of nitrogens with one attached hydrogen (secondary N) is 2. The molecule has 7 heteroatoms. The summed E-state index contributed by atoms with van der Waals surface area (Å²) in [7, 11) is 1.34. The largest absolute Gasteiger partial charge is 0.469 e. The van der Waals surface area contributed by atoms with Gasteiger partial charge >= 0.3 is 11.9 Å². The van der Waals surface area contributed by atoms with Gasteiger partial charge in [0.1, 0.15) is 11.6 Å². The molecule has 0 saturated carbocycles. The molecule has 0 aromatic heterocycles. The summed E-state index contributed by atoms with van der Waals surface area (Å²) in [5.74, 6) is -1.01. The van der Waals surface area contributed by atoms with Crippen molar-refractivity contribution in [2.24, 2.45) is 11.8 Å². The minimum absolute atomic E-state index is 0.155. The number of methoxy groups -OCH3 is 1. The van der Waals surface area contributed by atoms with Crippen LogP contribution in [-0.4, -0.2) is 48.7 Å². The molecule has 1 saturated heterocycles. The van der Waals surface area contributed by atoms with Gasteiger partial charge in [-0.1, -0.05) is 26.7 Å². The van der Waals surface area contributed by atoms with E-state index >= 15 is 0 Å². The Bertz CT molecular complexity index is 525. The van der Waals surface area contributed by atoms with E-state index in [9.17, 15) is 14.4 Å². The summed E-state index contributed by atoms with van der Waals surface area (Å²) in [5, 5.41) is 6.22. The first-order valence-electron chi connectivity index (χ1n) is 9.86. The molecular weight excluding hydrogens is 348 g/mol. The van der Waals surface area contributed by atoms with Crippen LogP contribution >= 0.6 is 0 Å². The van der Waals surface area contributed by atoms with Crippen LogP contribution in [0, 0.1) is 11.8 Å². The van der Waals surface area contributed by atoms with Crippen LogP contribution in [0.3, 0.4) is 0 Å². The van der Waals surface area contributed by atoms with E-state index in [0.29, 0.717) is 12.3 Å². The van der Waals surface area contributed by atoms with E-state index in [0.717, 1.165) is 19.3 Å². The maximum absolute atomic E-state index is 12.5. The predicted octanol–water partition coefficient (Wildman–Crippen LogP) is 2.18. The highest BCUT2D eigenvalue weighted by molar-refractivity contribution is 5.81. The second kappa shape index (κ2) is 10.1. The van der Waals surface area contributed by atoms with E-state index in [-0.39, 0.29) is 29.9 Å². The standard InChI is InChI=1S/C20H36N2O5/c1-8-13(9-2)10-15(21-12(3)23)17-14(18(24)26-7)11-16(22-17)19(25)27-20(4,5)6/h13-17,22H,8-11H2,1-7H3,(H,21,23)/t14-,15+,16?,17-/m1/s1. The number of amides is 1. The van der Waals surface area contributed by atoms with Crippen molar-refractivity contribution in [3.63, 3.8) is 0 Å².